The Morgan fingerprint density at radius 1 is 1.29 bits per heavy atom. The number of amides is 1. The van der Waals surface area contributed by atoms with E-state index in [2.05, 4.69) is 35.5 Å². The second kappa shape index (κ2) is 8.68. The lowest BCUT2D eigenvalue weighted by Gasteiger charge is -2.43. The number of methoxy groups -OCH3 is 1. The molecule has 0 saturated carbocycles. The molecule has 1 aliphatic heterocycles. The number of likely N-dealkylation sites (tertiary alicyclic amines) is 1. The molecule has 0 unspecified atom stereocenters. The molecular weight excluding hydrogens is 440 g/mol. The number of fused-ring (bicyclic) bond motifs is 2. The van der Waals surface area contributed by atoms with Gasteiger partial charge in [-0.25, -0.2) is 9.97 Å². The molecule has 8 nitrogen and oxygen atoms in total. The zero-order chi connectivity index (χ0) is 24.9. The quantitative estimate of drug-likeness (QED) is 0.464. The second-order valence-electron chi connectivity index (χ2n) is 9.92. The number of imidazole rings is 1. The summed E-state index contributed by atoms with van der Waals surface area (Å²) in [4.78, 5) is 25.2. The molecule has 1 saturated heterocycles. The molecule has 2 atom stereocenters. The first kappa shape index (κ1) is 23.4. The number of aryl methyl sites for hydroxylation is 2. The lowest BCUT2D eigenvalue weighted by atomic mass is 9.86. The van der Waals surface area contributed by atoms with E-state index in [-0.39, 0.29) is 17.5 Å². The van der Waals surface area contributed by atoms with E-state index < -0.39 is 0 Å². The Kier molecular flexibility index (Phi) is 5.79. The normalized spacial score (nSPS) is 20.6. The van der Waals surface area contributed by atoms with E-state index in [9.17, 15) is 4.79 Å². The van der Waals surface area contributed by atoms with Crippen molar-refractivity contribution in [3.63, 3.8) is 0 Å². The lowest BCUT2D eigenvalue weighted by molar-refractivity contribution is 0.0499. The van der Waals surface area contributed by atoms with Crippen LogP contribution >= 0.6 is 0 Å². The molecule has 3 aromatic heterocycles. The zero-order valence-electron chi connectivity index (χ0n) is 21.2. The third kappa shape index (κ3) is 3.86. The topological polar surface area (TPSA) is 91.2 Å². The van der Waals surface area contributed by atoms with Crippen LogP contribution in [0.15, 0.2) is 36.5 Å². The highest BCUT2D eigenvalue weighted by atomic mass is 16.5. The number of nitrogens with zero attached hydrogens (tertiary/aromatic N) is 5. The van der Waals surface area contributed by atoms with Gasteiger partial charge >= 0.3 is 0 Å². The number of rotatable bonds is 5. The van der Waals surface area contributed by atoms with Gasteiger partial charge in [-0.05, 0) is 63.4 Å². The highest BCUT2D eigenvalue weighted by Gasteiger charge is 2.36. The fraction of sp³-hybridized carbons (Fsp3) is 0.444. The Bertz CT molecular complexity index is 1420. The molecule has 1 aromatic carbocycles. The molecule has 35 heavy (non-hydrogen) atoms. The molecule has 0 bridgehead atoms. The van der Waals surface area contributed by atoms with Crippen LogP contribution in [0.4, 0.5) is 0 Å². The minimum absolute atomic E-state index is 0.0208. The van der Waals surface area contributed by atoms with E-state index in [1.807, 2.05) is 47.8 Å². The molecule has 4 heterocycles. The van der Waals surface area contributed by atoms with Crippen LogP contribution in [0, 0.1) is 0 Å². The van der Waals surface area contributed by atoms with Crippen LogP contribution in [-0.2, 0) is 13.6 Å². The van der Waals surface area contributed by atoms with Gasteiger partial charge in [0, 0.05) is 48.9 Å². The maximum Gasteiger partial charge on any atom is 0.254 e. The average molecular weight is 475 g/mol. The number of hydrogen-bond acceptors (Lipinski definition) is 5. The summed E-state index contributed by atoms with van der Waals surface area (Å²) in [6.07, 6.45) is 4.55. The van der Waals surface area contributed by atoms with E-state index in [0.29, 0.717) is 17.9 Å². The van der Waals surface area contributed by atoms with E-state index in [1.165, 1.54) is 0 Å². The standard InChI is InChI=1S/C27H34N6O2/c1-6-19-10-11-27(3,28)16-33(19)26(34)18-13-20-23(22(15-18)35-5)31(4)25(30-20)21-14-17-9-8-12-29-24(17)32(21)7-2/h8-9,12-15,19H,6-7,10-11,16,28H2,1-5H3/t19-,27+/m1/s1. The summed E-state index contributed by atoms with van der Waals surface area (Å²) in [6, 6.07) is 10.0. The molecule has 4 aromatic rings. The number of carbonyl (C=O) groups excluding carboxylic acids is 1. The smallest absolute Gasteiger partial charge is 0.254 e. The molecule has 1 fully saturated rings. The van der Waals surface area contributed by atoms with Crippen LogP contribution in [0.3, 0.4) is 0 Å². The SMILES string of the molecule is CC[C@@H]1CC[C@](C)(N)CN1C(=O)c1cc(OC)c2c(c1)nc(-c1cc3cccnc3n1CC)n2C. The van der Waals surface area contributed by atoms with Crippen molar-refractivity contribution in [3.8, 4) is 17.3 Å². The minimum Gasteiger partial charge on any atom is -0.494 e. The number of hydrogen-bond donors (Lipinski definition) is 1. The average Bonchev–Trinajstić information content (AvgIpc) is 3.39. The van der Waals surface area contributed by atoms with Gasteiger partial charge in [0.2, 0.25) is 0 Å². The zero-order valence-corrected chi connectivity index (χ0v) is 21.2. The van der Waals surface area contributed by atoms with Gasteiger partial charge in [-0.1, -0.05) is 6.92 Å². The van der Waals surface area contributed by atoms with Crippen molar-refractivity contribution >= 4 is 28.0 Å². The minimum atomic E-state index is -0.380. The molecule has 8 heteroatoms. The number of piperidine rings is 1. The Labute approximate surface area is 205 Å². The van der Waals surface area contributed by atoms with Crippen LogP contribution in [0.25, 0.3) is 33.6 Å². The number of pyridine rings is 1. The number of nitrogens with two attached hydrogens (primary N) is 1. The fourth-order valence-electron chi connectivity index (χ4n) is 5.49. The predicted octanol–water partition coefficient (Wildman–Crippen LogP) is 4.35. The van der Waals surface area contributed by atoms with Gasteiger partial charge in [0.25, 0.3) is 5.91 Å². The first-order valence-corrected chi connectivity index (χ1v) is 12.4. The lowest BCUT2D eigenvalue weighted by Crippen LogP contribution is -2.57. The molecule has 0 aliphatic carbocycles. The van der Waals surface area contributed by atoms with Crippen molar-refractivity contribution in [1.29, 1.82) is 0 Å². The van der Waals surface area contributed by atoms with Gasteiger partial charge in [-0.2, -0.15) is 0 Å². The maximum atomic E-state index is 13.7. The summed E-state index contributed by atoms with van der Waals surface area (Å²) in [5.74, 6) is 1.42. The molecule has 2 N–H and O–H groups in total. The molecule has 0 radical (unpaired) electrons. The molecule has 0 spiro atoms. The van der Waals surface area contributed by atoms with Crippen molar-refractivity contribution in [1.82, 2.24) is 24.0 Å². The van der Waals surface area contributed by atoms with Crippen LogP contribution in [0.5, 0.6) is 5.75 Å². The Morgan fingerprint density at radius 2 is 2.09 bits per heavy atom. The van der Waals surface area contributed by atoms with E-state index >= 15 is 0 Å². The van der Waals surface area contributed by atoms with Gasteiger partial charge in [-0.15, -0.1) is 0 Å². The molecule has 184 valence electrons. The van der Waals surface area contributed by atoms with Crippen molar-refractivity contribution in [2.75, 3.05) is 13.7 Å². The molecule has 5 rings (SSSR count). The van der Waals surface area contributed by atoms with Gasteiger partial charge < -0.3 is 24.5 Å². The Morgan fingerprint density at radius 3 is 2.80 bits per heavy atom. The summed E-state index contributed by atoms with van der Waals surface area (Å²) in [6.45, 7) is 7.56. The van der Waals surface area contributed by atoms with E-state index in [0.717, 1.165) is 59.4 Å². The third-order valence-corrected chi connectivity index (χ3v) is 7.36. The second-order valence-corrected chi connectivity index (χ2v) is 9.92. The summed E-state index contributed by atoms with van der Waals surface area (Å²) in [5, 5.41) is 1.07. The Balaban J connectivity index is 1.63. The summed E-state index contributed by atoms with van der Waals surface area (Å²) < 4.78 is 9.97. The predicted molar refractivity (Wildman–Crippen MR) is 139 cm³/mol. The van der Waals surface area contributed by atoms with Gasteiger partial charge in [-0.3, -0.25) is 4.79 Å². The number of aromatic nitrogens is 4. The summed E-state index contributed by atoms with van der Waals surface area (Å²) in [5.41, 5.74) is 10.1. The highest BCUT2D eigenvalue weighted by Crippen LogP contribution is 2.35. The highest BCUT2D eigenvalue weighted by molar-refractivity contribution is 6.00. The number of carbonyl (C=O) groups is 1. The molecule has 1 aliphatic rings. The maximum absolute atomic E-state index is 13.7. The van der Waals surface area contributed by atoms with Crippen molar-refractivity contribution in [2.24, 2.45) is 12.8 Å². The van der Waals surface area contributed by atoms with Crippen molar-refractivity contribution in [3.05, 3.63) is 42.1 Å². The van der Waals surface area contributed by atoms with Gasteiger partial charge in [0.05, 0.1) is 18.3 Å². The van der Waals surface area contributed by atoms with Crippen LogP contribution in [0.1, 0.15) is 50.4 Å². The van der Waals surface area contributed by atoms with Crippen molar-refractivity contribution < 1.29 is 9.53 Å². The fourth-order valence-corrected chi connectivity index (χ4v) is 5.49. The Hall–Kier alpha value is -3.39. The van der Waals surface area contributed by atoms with Gasteiger partial charge in [0.15, 0.2) is 5.82 Å². The van der Waals surface area contributed by atoms with E-state index in [4.69, 9.17) is 15.5 Å². The van der Waals surface area contributed by atoms with Gasteiger partial charge in [0.1, 0.15) is 16.9 Å². The summed E-state index contributed by atoms with van der Waals surface area (Å²) in [7, 11) is 3.62. The number of benzene rings is 1. The van der Waals surface area contributed by atoms with Crippen LogP contribution in [-0.4, -0.2) is 55.1 Å². The molecular formula is C27H34N6O2. The van der Waals surface area contributed by atoms with E-state index in [1.54, 1.807) is 7.11 Å². The largest absolute Gasteiger partial charge is 0.494 e. The third-order valence-electron chi connectivity index (χ3n) is 7.36. The first-order valence-electron chi connectivity index (χ1n) is 12.4. The van der Waals surface area contributed by atoms with Crippen LogP contribution < -0.4 is 10.5 Å². The molecule has 1 amide bonds. The summed E-state index contributed by atoms with van der Waals surface area (Å²) >= 11 is 0. The first-order chi connectivity index (χ1) is 16.8. The van der Waals surface area contributed by atoms with Crippen LogP contribution in [0.2, 0.25) is 0 Å². The monoisotopic (exact) mass is 474 g/mol. The number of ether oxygens (including phenoxy) is 1. The van der Waals surface area contributed by atoms with Crippen molar-refractivity contribution in [2.45, 2.75) is 58.2 Å².